The molecule has 3 N–H and O–H groups in total. The number of para-hydroxylation sites is 1. The molecule has 0 saturated heterocycles. The van der Waals surface area contributed by atoms with E-state index in [1.165, 1.54) is 24.3 Å². The van der Waals surface area contributed by atoms with Crippen LogP contribution in [0, 0.1) is 16.0 Å². The van der Waals surface area contributed by atoms with Gasteiger partial charge in [-0.1, -0.05) is 54.6 Å². The Kier molecular flexibility index (Phi) is 9.78. The Bertz CT molecular complexity index is 1400. The molecule has 0 fully saturated rings. The van der Waals surface area contributed by atoms with E-state index in [1.54, 1.807) is 18.2 Å². The first-order valence-corrected chi connectivity index (χ1v) is 13.2. The molecule has 0 heterocycles. The summed E-state index contributed by atoms with van der Waals surface area (Å²) in [6.45, 7) is -0.975. The van der Waals surface area contributed by atoms with Crippen LogP contribution < -0.4 is 10.0 Å². The molecule has 0 radical (unpaired) electrons. The van der Waals surface area contributed by atoms with Crippen molar-refractivity contribution in [2.24, 2.45) is 5.92 Å². The van der Waals surface area contributed by atoms with Gasteiger partial charge < -0.3 is 10.4 Å². The highest BCUT2D eigenvalue weighted by molar-refractivity contribution is 7.89. The fourth-order valence-electron chi connectivity index (χ4n) is 3.95. The number of aliphatic hydroxyl groups excluding tert-OH is 1. The Labute approximate surface area is 222 Å². The predicted octanol–water partition coefficient (Wildman–Crippen LogP) is 3.82. The lowest BCUT2D eigenvalue weighted by molar-refractivity contribution is -0.387. The van der Waals surface area contributed by atoms with Crippen molar-refractivity contribution in [1.29, 1.82) is 0 Å². The summed E-state index contributed by atoms with van der Waals surface area (Å²) in [7, 11) is -4.64. The number of alkyl halides is 3. The number of rotatable bonds is 12. The number of sulfonamides is 1. The number of nitrogens with one attached hydrogen (secondary N) is 2. The number of nitro groups is 1. The Balaban J connectivity index is 1.88. The first-order valence-electron chi connectivity index (χ1n) is 11.8. The number of aryl methyl sites for hydroxylation is 1. The number of amides is 1. The van der Waals surface area contributed by atoms with Crippen LogP contribution in [-0.2, 0) is 34.0 Å². The number of carbonyl (C=O) groups excluding carboxylic acids is 1. The highest BCUT2D eigenvalue weighted by atomic mass is 32.2. The van der Waals surface area contributed by atoms with Crippen molar-refractivity contribution in [3.05, 3.63) is 106 Å². The zero-order valence-electron chi connectivity index (χ0n) is 20.5. The second-order valence-corrected chi connectivity index (χ2v) is 10.4. The number of hydrogen-bond acceptors (Lipinski definition) is 6. The van der Waals surface area contributed by atoms with Crippen LogP contribution in [0.3, 0.4) is 0 Å². The second kappa shape index (κ2) is 12.8. The molecule has 0 saturated carbocycles. The van der Waals surface area contributed by atoms with E-state index in [-0.39, 0.29) is 18.5 Å². The minimum absolute atomic E-state index is 0.114. The van der Waals surface area contributed by atoms with Crippen LogP contribution in [0.2, 0.25) is 0 Å². The summed E-state index contributed by atoms with van der Waals surface area (Å²) in [6, 6.07) is 16.3. The lowest BCUT2D eigenvalue weighted by Crippen LogP contribution is -2.51. The third kappa shape index (κ3) is 8.09. The van der Waals surface area contributed by atoms with Crippen molar-refractivity contribution >= 4 is 21.6 Å². The van der Waals surface area contributed by atoms with Gasteiger partial charge in [-0.05, 0) is 42.2 Å². The standard InChI is InChI=1S/C26H26F3N3O6S/c27-26(28,29)21-10-6-9-19(15-21)16-30-25(34)24(20(17-33)14-13-18-7-2-1-3-8-18)31-39(37,38)23-12-5-4-11-22(23)32(35)36/h1-12,15,20,24,31,33H,13-14,16-17H2,(H,30,34)/t20-,24?/m1/s1. The predicted molar refractivity (Wildman–Crippen MR) is 136 cm³/mol. The van der Waals surface area contributed by atoms with Crippen LogP contribution in [-0.4, -0.2) is 37.0 Å². The summed E-state index contributed by atoms with van der Waals surface area (Å²) in [6.07, 6.45) is -4.07. The summed E-state index contributed by atoms with van der Waals surface area (Å²) in [5.41, 5.74) is -0.652. The van der Waals surface area contributed by atoms with E-state index in [9.17, 15) is 41.6 Å². The number of hydrogen-bond donors (Lipinski definition) is 3. The van der Waals surface area contributed by atoms with E-state index in [0.717, 1.165) is 29.8 Å². The maximum Gasteiger partial charge on any atom is 0.416 e. The minimum atomic E-state index is -4.64. The molecule has 208 valence electrons. The third-order valence-electron chi connectivity index (χ3n) is 5.99. The molecule has 13 heteroatoms. The summed E-state index contributed by atoms with van der Waals surface area (Å²) in [5, 5.41) is 23.9. The van der Waals surface area contributed by atoms with Gasteiger partial charge >= 0.3 is 6.18 Å². The van der Waals surface area contributed by atoms with Crippen molar-refractivity contribution in [2.75, 3.05) is 6.61 Å². The Morgan fingerprint density at radius 2 is 1.62 bits per heavy atom. The van der Waals surface area contributed by atoms with Crippen molar-refractivity contribution in [3.8, 4) is 0 Å². The summed E-state index contributed by atoms with van der Waals surface area (Å²) < 4.78 is 67.8. The Morgan fingerprint density at radius 1 is 0.974 bits per heavy atom. The van der Waals surface area contributed by atoms with Crippen LogP contribution in [0.5, 0.6) is 0 Å². The first kappa shape index (κ1) is 29.7. The van der Waals surface area contributed by atoms with Gasteiger partial charge in [-0.25, -0.2) is 8.42 Å². The monoisotopic (exact) mass is 565 g/mol. The van der Waals surface area contributed by atoms with Crippen molar-refractivity contribution < 1.29 is 36.4 Å². The number of benzene rings is 3. The molecular formula is C26H26F3N3O6S. The highest BCUT2D eigenvalue weighted by Crippen LogP contribution is 2.29. The molecule has 0 aliphatic carbocycles. The maximum atomic E-state index is 13.2. The smallest absolute Gasteiger partial charge is 0.396 e. The zero-order valence-corrected chi connectivity index (χ0v) is 21.3. The van der Waals surface area contributed by atoms with Crippen LogP contribution >= 0.6 is 0 Å². The largest absolute Gasteiger partial charge is 0.416 e. The van der Waals surface area contributed by atoms with Crippen LogP contribution in [0.4, 0.5) is 18.9 Å². The van der Waals surface area contributed by atoms with Crippen LogP contribution in [0.25, 0.3) is 0 Å². The maximum absolute atomic E-state index is 13.2. The fourth-order valence-corrected chi connectivity index (χ4v) is 5.38. The van der Waals surface area contributed by atoms with Gasteiger partial charge in [0.05, 0.1) is 10.5 Å². The van der Waals surface area contributed by atoms with E-state index in [1.807, 2.05) is 12.1 Å². The SMILES string of the molecule is O=C(NCc1cccc(C(F)(F)F)c1)C(NS(=O)(=O)c1ccccc1[N+](=O)[O-])[C@@H](CO)CCc1ccccc1. The van der Waals surface area contributed by atoms with E-state index in [2.05, 4.69) is 10.0 Å². The molecule has 0 bridgehead atoms. The molecule has 1 unspecified atom stereocenters. The van der Waals surface area contributed by atoms with Gasteiger partial charge in [0, 0.05) is 25.1 Å². The summed E-state index contributed by atoms with van der Waals surface area (Å²) >= 11 is 0. The van der Waals surface area contributed by atoms with E-state index in [0.29, 0.717) is 6.42 Å². The molecule has 9 nitrogen and oxygen atoms in total. The average Bonchev–Trinajstić information content (AvgIpc) is 2.91. The molecule has 2 atom stereocenters. The quantitative estimate of drug-likeness (QED) is 0.226. The van der Waals surface area contributed by atoms with E-state index < -0.39 is 61.7 Å². The molecule has 0 aliphatic rings. The van der Waals surface area contributed by atoms with Gasteiger partial charge in [0.25, 0.3) is 5.69 Å². The molecule has 0 spiro atoms. The van der Waals surface area contributed by atoms with Gasteiger partial charge in [0.2, 0.25) is 15.9 Å². The molecule has 3 aromatic rings. The second-order valence-electron chi connectivity index (χ2n) is 8.71. The number of nitro benzene ring substituents is 1. The normalized spacial score (nSPS) is 13.4. The molecule has 0 aromatic heterocycles. The topological polar surface area (TPSA) is 139 Å². The van der Waals surface area contributed by atoms with Gasteiger partial charge in [-0.3, -0.25) is 14.9 Å². The third-order valence-corrected chi connectivity index (χ3v) is 7.48. The van der Waals surface area contributed by atoms with Crippen molar-refractivity contribution in [1.82, 2.24) is 10.0 Å². The number of nitrogens with zero attached hydrogens (tertiary/aromatic N) is 1. The summed E-state index contributed by atoms with van der Waals surface area (Å²) in [4.78, 5) is 23.1. The molecule has 1 amide bonds. The first-order chi connectivity index (χ1) is 18.4. The zero-order chi connectivity index (χ0) is 28.6. The Morgan fingerprint density at radius 3 is 2.26 bits per heavy atom. The Hall–Kier alpha value is -3.81. The van der Waals surface area contributed by atoms with Gasteiger partial charge in [0.1, 0.15) is 6.04 Å². The fraction of sp³-hybridized carbons (Fsp3) is 0.269. The molecular weight excluding hydrogens is 539 g/mol. The number of halogens is 3. The molecule has 3 aromatic carbocycles. The van der Waals surface area contributed by atoms with Crippen LogP contribution in [0.15, 0.2) is 83.8 Å². The number of aliphatic hydroxyl groups is 1. The van der Waals surface area contributed by atoms with Gasteiger partial charge in [-0.15, -0.1) is 0 Å². The minimum Gasteiger partial charge on any atom is -0.396 e. The lowest BCUT2D eigenvalue weighted by atomic mass is 9.93. The molecule has 39 heavy (non-hydrogen) atoms. The molecule has 0 aliphatic heterocycles. The number of carbonyl (C=O) groups is 1. The lowest BCUT2D eigenvalue weighted by Gasteiger charge is -2.26. The van der Waals surface area contributed by atoms with Crippen LogP contribution in [0.1, 0.15) is 23.1 Å². The average molecular weight is 566 g/mol. The van der Waals surface area contributed by atoms with Crippen molar-refractivity contribution in [3.63, 3.8) is 0 Å². The molecule has 3 rings (SSSR count). The highest BCUT2D eigenvalue weighted by Gasteiger charge is 2.35. The summed E-state index contributed by atoms with van der Waals surface area (Å²) in [5.74, 6) is -1.88. The van der Waals surface area contributed by atoms with Gasteiger partial charge in [0.15, 0.2) is 4.90 Å². The van der Waals surface area contributed by atoms with Crippen molar-refractivity contribution in [2.45, 2.75) is 36.5 Å². The van der Waals surface area contributed by atoms with E-state index >= 15 is 0 Å². The van der Waals surface area contributed by atoms with E-state index in [4.69, 9.17) is 0 Å². The van der Waals surface area contributed by atoms with Gasteiger partial charge in [-0.2, -0.15) is 17.9 Å².